The highest BCUT2D eigenvalue weighted by Gasteiger charge is 2.22. The van der Waals surface area contributed by atoms with Gasteiger partial charge in [0, 0.05) is 6.92 Å². The molecule has 0 saturated heterocycles. The Hall–Kier alpha value is -1.15. The quantitative estimate of drug-likeness (QED) is 0.246. The summed E-state index contributed by atoms with van der Waals surface area (Å²) in [6, 6.07) is 0. The first-order valence-corrected chi connectivity index (χ1v) is 3.29. The van der Waals surface area contributed by atoms with Crippen molar-refractivity contribution in [1.82, 2.24) is 0 Å². The van der Waals surface area contributed by atoms with Gasteiger partial charge in [-0.15, -0.1) is 0 Å². The SMILES string of the molecule is CC(=[N+]=[N-])C(=O)OC(C)(C)C. The number of hydrogen-bond acceptors (Lipinski definition) is 2. The summed E-state index contributed by atoms with van der Waals surface area (Å²) >= 11 is 0. The van der Waals surface area contributed by atoms with Crippen molar-refractivity contribution in [2.45, 2.75) is 33.3 Å². The molecule has 4 nitrogen and oxygen atoms in total. The summed E-state index contributed by atoms with van der Waals surface area (Å²) < 4.78 is 4.86. The third kappa shape index (κ3) is 4.28. The average molecular weight is 156 g/mol. The van der Waals surface area contributed by atoms with Crippen LogP contribution in [0.3, 0.4) is 0 Å². The fraction of sp³-hybridized carbons (Fsp3) is 0.714. The molecule has 0 radical (unpaired) electrons. The highest BCUT2D eigenvalue weighted by molar-refractivity contribution is 6.32. The van der Waals surface area contributed by atoms with Gasteiger partial charge < -0.3 is 10.3 Å². The van der Waals surface area contributed by atoms with Gasteiger partial charge in [0.25, 0.3) is 0 Å². The van der Waals surface area contributed by atoms with E-state index in [9.17, 15) is 4.79 Å². The minimum atomic E-state index is -0.597. The molecule has 0 fully saturated rings. The molecular formula is C7H12N2O2. The van der Waals surface area contributed by atoms with E-state index in [-0.39, 0.29) is 5.71 Å². The second-order valence-corrected chi connectivity index (χ2v) is 3.19. The van der Waals surface area contributed by atoms with E-state index in [0.29, 0.717) is 0 Å². The standard InChI is InChI=1S/C7H12N2O2/c1-5(9-8)6(10)11-7(2,3)4/h1-4H3. The summed E-state index contributed by atoms with van der Waals surface area (Å²) in [6.07, 6.45) is 0. The maximum atomic E-state index is 10.9. The summed E-state index contributed by atoms with van der Waals surface area (Å²) in [7, 11) is 0. The molecule has 11 heavy (non-hydrogen) atoms. The number of nitrogens with zero attached hydrogens (tertiary/aromatic N) is 2. The fourth-order valence-electron chi connectivity index (χ4n) is 0.393. The molecule has 0 heterocycles. The Bertz CT molecular complexity index is 209. The van der Waals surface area contributed by atoms with Crippen molar-refractivity contribution < 1.29 is 14.3 Å². The molecule has 0 bridgehead atoms. The first-order valence-electron chi connectivity index (χ1n) is 3.29. The summed E-state index contributed by atoms with van der Waals surface area (Å²) in [5.41, 5.74) is 7.61. The van der Waals surface area contributed by atoms with Gasteiger partial charge in [-0.05, 0) is 20.8 Å². The van der Waals surface area contributed by atoms with Crippen molar-refractivity contribution in [3.8, 4) is 0 Å². The van der Waals surface area contributed by atoms with Gasteiger partial charge in [-0.2, -0.15) is 4.79 Å². The fourth-order valence-corrected chi connectivity index (χ4v) is 0.393. The smallest absolute Gasteiger partial charge is 0.417 e. The van der Waals surface area contributed by atoms with E-state index in [1.807, 2.05) is 0 Å². The number of carbonyl (C=O) groups excluding carboxylic acids is 1. The van der Waals surface area contributed by atoms with Crippen molar-refractivity contribution in [2.75, 3.05) is 0 Å². The minimum absolute atomic E-state index is 0.0417. The van der Waals surface area contributed by atoms with E-state index in [2.05, 4.69) is 4.79 Å². The van der Waals surface area contributed by atoms with Crippen molar-refractivity contribution in [1.29, 1.82) is 0 Å². The van der Waals surface area contributed by atoms with E-state index in [1.54, 1.807) is 20.8 Å². The number of ether oxygens (including phenoxy) is 1. The first kappa shape index (κ1) is 9.85. The highest BCUT2D eigenvalue weighted by Crippen LogP contribution is 2.06. The number of hydrogen-bond donors (Lipinski definition) is 0. The molecule has 0 rings (SSSR count). The summed E-state index contributed by atoms with van der Waals surface area (Å²) in [5, 5.41) is 0. The lowest BCUT2D eigenvalue weighted by Gasteiger charge is -2.17. The van der Waals surface area contributed by atoms with Gasteiger partial charge in [-0.3, -0.25) is 0 Å². The molecule has 0 saturated carbocycles. The summed E-state index contributed by atoms with van der Waals surface area (Å²) in [4.78, 5) is 13.6. The van der Waals surface area contributed by atoms with Crippen LogP contribution in [0.1, 0.15) is 27.7 Å². The Balaban J connectivity index is 4.21. The van der Waals surface area contributed by atoms with Crippen LogP contribution >= 0.6 is 0 Å². The molecular weight excluding hydrogens is 144 g/mol. The Labute approximate surface area is 65.8 Å². The lowest BCUT2D eigenvalue weighted by Crippen LogP contribution is -2.28. The molecule has 0 amide bonds. The Morgan fingerprint density at radius 2 is 1.91 bits per heavy atom. The Kier molecular flexibility index (Phi) is 2.96. The van der Waals surface area contributed by atoms with Crippen LogP contribution in [0.15, 0.2) is 0 Å². The van der Waals surface area contributed by atoms with Crippen LogP contribution in [0, 0.1) is 0 Å². The molecule has 4 heteroatoms. The van der Waals surface area contributed by atoms with Gasteiger partial charge in [0.15, 0.2) is 0 Å². The third-order valence-electron chi connectivity index (χ3n) is 0.844. The van der Waals surface area contributed by atoms with Crippen LogP contribution < -0.4 is 0 Å². The van der Waals surface area contributed by atoms with E-state index in [0.717, 1.165) is 0 Å². The average Bonchev–Trinajstić information content (AvgIpc) is 1.82. The van der Waals surface area contributed by atoms with Gasteiger partial charge in [0.1, 0.15) is 5.60 Å². The maximum absolute atomic E-state index is 10.9. The predicted octanol–water partition coefficient (Wildman–Crippen LogP) is 1.02. The van der Waals surface area contributed by atoms with Gasteiger partial charge >= 0.3 is 11.7 Å². The topological polar surface area (TPSA) is 62.7 Å². The molecule has 0 aromatic carbocycles. The highest BCUT2D eigenvalue weighted by atomic mass is 16.6. The van der Waals surface area contributed by atoms with Gasteiger partial charge in [0.2, 0.25) is 0 Å². The molecule has 0 aromatic rings. The normalized spacial score (nSPS) is 10.2. The molecule has 0 aliphatic heterocycles. The lowest BCUT2D eigenvalue weighted by molar-refractivity contribution is -0.150. The maximum Gasteiger partial charge on any atom is 0.417 e. The van der Waals surface area contributed by atoms with Crippen LogP contribution in [0.4, 0.5) is 0 Å². The van der Waals surface area contributed by atoms with Crippen molar-refractivity contribution in [2.24, 2.45) is 0 Å². The van der Waals surface area contributed by atoms with Crippen molar-refractivity contribution >= 4 is 11.7 Å². The molecule has 0 spiro atoms. The molecule has 0 aliphatic carbocycles. The Morgan fingerprint density at radius 3 is 2.18 bits per heavy atom. The zero-order valence-corrected chi connectivity index (χ0v) is 7.21. The summed E-state index contributed by atoms with van der Waals surface area (Å²) in [5.74, 6) is -0.597. The molecule has 0 unspecified atom stereocenters. The molecule has 0 aliphatic rings. The van der Waals surface area contributed by atoms with Crippen LogP contribution in [0.2, 0.25) is 0 Å². The van der Waals surface area contributed by atoms with Gasteiger partial charge in [-0.25, -0.2) is 4.79 Å². The van der Waals surface area contributed by atoms with Crippen LogP contribution in [0.25, 0.3) is 5.53 Å². The lowest BCUT2D eigenvalue weighted by atomic mass is 10.2. The second kappa shape index (κ2) is 3.30. The minimum Gasteiger partial charge on any atom is -0.451 e. The molecule has 0 N–H and O–H groups in total. The monoisotopic (exact) mass is 156 g/mol. The number of esters is 1. The molecule has 62 valence electrons. The predicted molar refractivity (Wildman–Crippen MR) is 40.1 cm³/mol. The van der Waals surface area contributed by atoms with Gasteiger partial charge in [0.05, 0.1) is 0 Å². The van der Waals surface area contributed by atoms with E-state index in [4.69, 9.17) is 10.3 Å². The zero-order chi connectivity index (χ0) is 9.07. The van der Waals surface area contributed by atoms with E-state index < -0.39 is 11.6 Å². The van der Waals surface area contributed by atoms with Crippen molar-refractivity contribution in [3.63, 3.8) is 0 Å². The van der Waals surface area contributed by atoms with E-state index >= 15 is 0 Å². The molecule has 0 atom stereocenters. The van der Waals surface area contributed by atoms with E-state index in [1.165, 1.54) is 6.92 Å². The van der Waals surface area contributed by atoms with Crippen molar-refractivity contribution in [3.05, 3.63) is 5.53 Å². The second-order valence-electron chi connectivity index (χ2n) is 3.19. The van der Waals surface area contributed by atoms with Crippen LogP contribution in [-0.2, 0) is 9.53 Å². The van der Waals surface area contributed by atoms with Crippen LogP contribution in [0.5, 0.6) is 0 Å². The number of carbonyl (C=O) groups is 1. The van der Waals surface area contributed by atoms with Gasteiger partial charge in [-0.1, -0.05) is 0 Å². The van der Waals surface area contributed by atoms with Crippen LogP contribution in [-0.4, -0.2) is 22.1 Å². The number of rotatable bonds is 1. The molecule has 0 aromatic heterocycles. The third-order valence-corrected chi connectivity index (χ3v) is 0.844. The Morgan fingerprint density at radius 1 is 1.45 bits per heavy atom. The zero-order valence-electron chi connectivity index (χ0n) is 7.21. The largest absolute Gasteiger partial charge is 0.451 e. The first-order chi connectivity index (χ1) is 4.87. The summed E-state index contributed by atoms with van der Waals surface area (Å²) in [6.45, 7) is 6.62.